The van der Waals surface area contributed by atoms with Crippen molar-refractivity contribution < 1.29 is 27.4 Å². The van der Waals surface area contributed by atoms with E-state index in [1.807, 2.05) is 0 Å². The van der Waals surface area contributed by atoms with Gasteiger partial charge in [0.1, 0.15) is 23.0 Å². The van der Waals surface area contributed by atoms with Crippen molar-refractivity contribution in [2.75, 3.05) is 0 Å². The summed E-state index contributed by atoms with van der Waals surface area (Å²) in [5.74, 6) is -0.798. The number of halogens is 3. The van der Waals surface area contributed by atoms with Gasteiger partial charge in [0, 0.05) is 23.1 Å². The molecule has 0 bridgehead atoms. The predicted octanol–water partition coefficient (Wildman–Crippen LogP) is 3.27. The van der Waals surface area contributed by atoms with Gasteiger partial charge in [0.2, 0.25) is 5.69 Å². The molecule has 0 saturated heterocycles. The number of nitrogens with zero attached hydrogens (tertiary/aromatic N) is 2. The van der Waals surface area contributed by atoms with Gasteiger partial charge in [0.05, 0.1) is 0 Å². The maximum Gasteiger partial charge on any atom is 0.573 e. The van der Waals surface area contributed by atoms with E-state index in [9.17, 15) is 23.2 Å². The first-order valence-electron chi connectivity index (χ1n) is 7.59. The van der Waals surface area contributed by atoms with Crippen molar-refractivity contribution in [3.63, 3.8) is 0 Å². The standard InChI is InChI=1S/C17H12F3N3O3S/c18-17(19,20)26-13-6-4-11(5-7-13)16-22-14(10-27-16)15(24)21-9-12-3-1-2-8-23(12)25/h1-8,10H,9H2,(H,21,24). The molecule has 0 spiro atoms. The van der Waals surface area contributed by atoms with Crippen LogP contribution in [0.1, 0.15) is 16.2 Å². The number of rotatable bonds is 5. The normalized spacial score (nSPS) is 11.2. The quantitative estimate of drug-likeness (QED) is 0.531. The van der Waals surface area contributed by atoms with E-state index in [1.165, 1.54) is 47.2 Å². The Kier molecular flexibility index (Phi) is 5.26. The van der Waals surface area contributed by atoms with E-state index in [2.05, 4.69) is 15.0 Å². The molecule has 140 valence electrons. The Bertz CT molecular complexity index is 942. The topological polar surface area (TPSA) is 78.2 Å². The lowest BCUT2D eigenvalue weighted by molar-refractivity contribution is -0.614. The molecule has 1 amide bonds. The second-order valence-electron chi connectivity index (χ2n) is 5.31. The van der Waals surface area contributed by atoms with Crippen LogP contribution >= 0.6 is 11.3 Å². The summed E-state index contributed by atoms with van der Waals surface area (Å²) in [7, 11) is 0. The fourth-order valence-electron chi connectivity index (χ4n) is 2.17. The van der Waals surface area contributed by atoms with Crippen molar-refractivity contribution in [1.82, 2.24) is 10.3 Å². The second-order valence-corrected chi connectivity index (χ2v) is 6.17. The molecule has 1 N–H and O–H groups in total. The average Bonchev–Trinajstić information content (AvgIpc) is 3.10. The molecule has 0 aliphatic heterocycles. The first-order valence-corrected chi connectivity index (χ1v) is 8.47. The van der Waals surface area contributed by atoms with Gasteiger partial charge in [0.15, 0.2) is 6.20 Å². The fraction of sp³-hybridized carbons (Fsp3) is 0.118. The van der Waals surface area contributed by atoms with Gasteiger partial charge < -0.3 is 15.3 Å². The lowest BCUT2D eigenvalue weighted by Crippen LogP contribution is -2.35. The number of hydrogen-bond donors (Lipinski definition) is 1. The highest BCUT2D eigenvalue weighted by atomic mass is 32.1. The van der Waals surface area contributed by atoms with Crippen LogP contribution in [0.25, 0.3) is 10.6 Å². The summed E-state index contributed by atoms with van der Waals surface area (Å²) >= 11 is 1.17. The minimum atomic E-state index is -4.76. The molecule has 0 unspecified atom stereocenters. The van der Waals surface area contributed by atoms with E-state index in [0.29, 0.717) is 21.0 Å². The van der Waals surface area contributed by atoms with Crippen LogP contribution in [-0.2, 0) is 6.54 Å². The van der Waals surface area contributed by atoms with E-state index in [1.54, 1.807) is 18.2 Å². The molecule has 2 heterocycles. The highest BCUT2D eigenvalue weighted by molar-refractivity contribution is 7.13. The Morgan fingerprint density at radius 2 is 1.96 bits per heavy atom. The van der Waals surface area contributed by atoms with Gasteiger partial charge in [-0.25, -0.2) is 4.98 Å². The molecule has 0 fully saturated rings. The molecule has 3 rings (SSSR count). The summed E-state index contributed by atoms with van der Waals surface area (Å²) in [6.07, 6.45) is -3.43. The summed E-state index contributed by atoms with van der Waals surface area (Å²) in [4.78, 5) is 16.3. The Labute approximate surface area is 155 Å². The van der Waals surface area contributed by atoms with Crippen molar-refractivity contribution in [3.8, 4) is 16.3 Å². The number of hydrogen-bond acceptors (Lipinski definition) is 5. The van der Waals surface area contributed by atoms with E-state index in [-0.39, 0.29) is 18.0 Å². The second kappa shape index (κ2) is 7.62. The van der Waals surface area contributed by atoms with E-state index in [4.69, 9.17) is 0 Å². The van der Waals surface area contributed by atoms with Crippen LogP contribution in [-0.4, -0.2) is 17.3 Å². The number of nitrogens with one attached hydrogen (secondary N) is 1. The monoisotopic (exact) mass is 395 g/mol. The summed E-state index contributed by atoms with van der Waals surface area (Å²) in [6.45, 7) is 0.0412. The molecule has 3 aromatic rings. The summed E-state index contributed by atoms with van der Waals surface area (Å²) in [5, 5.41) is 16.1. The number of pyridine rings is 1. The molecule has 0 atom stereocenters. The first-order chi connectivity index (χ1) is 12.8. The molecule has 0 aliphatic rings. The Balaban J connectivity index is 1.65. The zero-order valence-corrected chi connectivity index (χ0v) is 14.4. The van der Waals surface area contributed by atoms with Gasteiger partial charge in [-0.05, 0) is 30.3 Å². The third-order valence-corrected chi connectivity index (χ3v) is 4.30. The van der Waals surface area contributed by atoms with E-state index in [0.717, 1.165) is 0 Å². The third-order valence-electron chi connectivity index (χ3n) is 3.41. The number of aromatic nitrogens is 2. The summed E-state index contributed by atoms with van der Waals surface area (Å²) in [5.41, 5.74) is 1.08. The van der Waals surface area contributed by atoms with Gasteiger partial charge in [-0.2, -0.15) is 4.73 Å². The van der Waals surface area contributed by atoms with Crippen molar-refractivity contribution >= 4 is 17.2 Å². The number of benzene rings is 1. The molecule has 27 heavy (non-hydrogen) atoms. The maximum atomic E-state index is 12.2. The number of thiazole rings is 1. The Morgan fingerprint density at radius 1 is 1.22 bits per heavy atom. The summed E-state index contributed by atoms with van der Waals surface area (Å²) < 4.78 is 41.0. The Morgan fingerprint density at radius 3 is 2.63 bits per heavy atom. The summed E-state index contributed by atoms with van der Waals surface area (Å²) in [6, 6.07) is 10.0. The minimum Gasteiger partial charge on any atom is -0.618 e. The van der Waals surface area contributed by atoms with Gasteiger partial charge >= 0.3 is 6.36 Å². The van der Waals surface area contributed by atoms with Crippen LogP contribution in [0.5, 0.6) is 5.75 Å². The lowest BCUT2D eigenvalue weighted by Gasteiger charge is -2.08. The average molecular weight is 395 g/mol. The maximum absolute atomic E-state index is 12.2. The van der Waals surface area contributed by atoms with Crippen LogP contribution in [0.4, 0.5) is 13.2 Å². The molecule has 0 aliphatic carbocycles. The van der Waals surface area contributed by atoms with Crippen LogP contribution in [0, 0.1) is 5.21 Å². The van der Waals surface area contributed by atoms with Gasteiger partial charge in [-0.1, -0.05) is 0 Å². The van der Waals surface area contributed by atoms with E-state index < -0.39 is 12.3 Å². The lowest BCUT2D eigenvalue weighted by atomic mass is 10.2. The van der Waals surface area contributed by atoms with Crippen molar-refractivity contribution in [1.29, 1.82) is 0 Å². The Hall–Kier alpha value is -3.14. The first kappa shape index (κ1) is 18.6. The largest absolute Gasteiger partial charge is 0.618 e. The van der Waals surface area contributed by atoms with Crippen LogP contribution < -0.4 is 14.8 Å². The molecule has 0 saturated carbocycles. The fourth-order valence-corrected chi connectivity index (χ4v) is 2.98. The molecule has 10 heteroatoms. The van der Waals surface area contributed by atoms with Crippen LogP contribution in [0.3, 0.4) is 0 Å². The zero-order valence-electron chi connectivity index (χ0n) is 13.6. The predicted molar refractivity (Wildman–Crippen MR) is 90.8 cm³/mol. The van der Waals surface area contributed by atoms with Gasteiger partial charge in [-0.3, -0.25) is 4.79 Å². The zero-order chi connectivity index (χ0) is 19.4. The number of ether oxygens (including phenoxy) is 1. The molecular weight excluding hydrogens is 383 g/mol. The molecule has 6 nitrogen and oxygen atoms in total. The number of amides is 1. The smallest absolute Gasteiger partial charge is 0.573 e. The van der Waals surface area contributed by atoms with E-state index >= 15 is 0 Å². The highest BCUT2D eigenvalue weighted by Gasteiger charge is 2.31. The number of carbonyl (C=O) groups is 1. The molecular formula is C17H12F3N3O3S. The van der Waals surface area contributed by atoms with Gasteiger partial charge in [-0.15, -0.1) is 24.5 Å². The molecule has 2 aromatic heterocycles. The molecule has 1 aromatic carbocycles. The SMILES string of the molecule is O=C(NCc1cccc[n+]1[O-])c1csc(-c2ccc(OC(F)(F)F)cc2)n1. The molecule has 0 radical (unpaired) electrons. The van der Waals surface area contributed by atoms with Crippen LogP contribution in [0.15, 0.2) is 54.0 Å². The third kappa shape index (κ3) is 4.94. The minimum absolute atomic E-state index is 0.0412. The van der Waals surface area contributed by atoms with Crippen molar-refractivity contribution in [3.05, 3.63) is 70.6 Å². The number of carbonyl (C=O) groups excluding carboxylic acids is 1. The van der Waals surface area contributed by atoms with Crippen LogP contribution in [0.2, 0.25) is 0 Å². The van der Waals surface area contributed by atoms with Crippen molar-refractivity contribution in [2.24, 2.45) is 0 Å². The number of alkyl halides is 3. The highest BCUT2D eigenvalue weighted by Crippen LogP contribution is 2.28. The van der Waals surface area contributed by atoms with Gasteiger partial charge in [0.25, 0.3) is 5.91 Å². The van der Waals surface area contributed by atoms with Crippen molar-refractivity contribution in [2.45, 2.75) is 12.9 Å².